The van der Waals surface area contributed by atoms with Crippen LogP contribution in [0.5, 0.6) is 0 Å². The van der Waals surface area contributed by atoms with E-state index >= 15 is 0 Å². The Morgan fingerprint density at radius 2 is 1.95 bits per heavy atom. The molecule has 3 fully saturated rings. The van der Waals surface area contributed by atoms with E-state index in [1.165, 1.54) is 4.90 Å². The average Bonchev–Trinajstić information content (AvgIpc) is 3.52. The second kappa shape index (κ2) is 13.8. The topological polar surface area (TPSA) is 125 Å². The average molecular weight is 641 g/mol. The Bertz CT molecular complexity index is 1020. The minimum absolute atomic E-state index is 0.103. The summed E-state index contributed by atoms with van der Waals surface area (Å²) in [6, 6.07) is -1.82. The fourth-order valence-electron chi connectivity index (χ4n) is 6.54. The van der Waals surface area contributed by atoms with Crippen LogP contribution in [-0.4, -0.2) is 99.1 Å². The van der Waals surface area contributed by atoms with Gasteiger partial charge in [0.1, 0.15) is 17.7 Å². The van der Waals surface area contributed by atoms with Crippen molar-refractivity contribution in [2.45, 2.75) is 101 Å². The molecular weight excluding hydrogens is 594 g/mol. The molecular formula is C30H46BrN3O7. The highest BCUT2D eigenvalue weighted by atomic mass is 79.9. The molecule has 1 spiro atoms. The first kappa shape index (κ1) is 33.3. The number of allylic oxidation sites excluding steroid dienone is 1. The molecule has 3 amide bonds. The first-order chi connectivity index (χ1) is 19.4. The van der Waals surface area contributed by atoms with Crippen LogP contribution < -0.4 is 5.32 Å². The number of esters is 1. The number of likely N-dealkylation sites (tertiary alicyclic amines) is 1. The lowest BCUT2D eigenvalue weighted by atomic mass is 9.70. The molecule has 0 aliphatic carbocycles. The van der Waals surface area contributed by atoms with Gasteiger partial charge in [0.15, 0.2) is 0 Å². The fourth-order valence-corrected chi connectivity index (χ4v) is 7.48. The number of fused-ring (bicyclic) bond motifs is 1. The maximum atomic E-state index is 14.3. The normalized spacial score (nSPS) is 30.5. The molecule has 0 aromatic carbocycles. The highest BCUT2D eigenvalue weighted by molar-refractivity contribution is 9.09. The second-order valence-corrected chi connectivity index (χ2v) is 13.0. The zero-order chi connectivity index (χ0) is 30.6. The number of nitrogens with zero attached hydrogens (tertiary/aromatic N) is 2. The van der Waals surface area contributed by atoms with Crippen LogP contribution in [0, 0.1) is 17.8 Å². The molecule has 2 bridgehead atoms. The Balaban J connectivity index is 1.97. The van der Waals surface area contributed by atoms with Gasteiger partial charge in [-0.15, -0.1) is 13.2 Å². The molecule has 11 heteroatoms. The smallest absolute Gasteiger partial charge is 0.312 e. The van der Waals surface area contributed by atoms with Crippen molar-refractivity contribution >= 4 is 39.6 Å². The van der Waals surface area contributed by atoms with E-state index in [0.717, 1.165) is 0 Å². The highest BCUT2D eigenvalue weighted by Gasteiger charge is 2.77. The Labute approximate surface area is 252 Å². The zero-order valence-electron chi connectivity index (χ0n) is 24.9. The van der Waals surface area contributed by atoms with Crippen LogP contribution in [0.4, 0.5) is 0 Å². The number of aliphatic hydroxyl groups is 1. The van der Waals surface area contributed by atoms with E-state index in [2.05, 4.69) is 34.4 Å². The molecule has 3 heterocycles. The summed E-state index contributed by atoms with van der Waals surface area (Å²) >= 11 is 3.67. The van der Waals surface area contributed by atoms with Crippen LogP contribution in [0.25, 0.3) is 0 Å². The summed E-state index contributed by atoms with van der Waals surface area (Å²) in [5, 5.41) is 13.2. The van der Waals surface area contributed by atoms with Gasteiger partial charge in [-0.25, -0.2) is 0 Å². The van der Waals surface area contributed by atoms with E-state index in [9.17, 15) is 24.3 Å². The molecule has 0 saturated carbocycles. The lowest BCUT2D eigenvalue weighted by molar-refractivity contribution is -0.160. The number of nitrogens with one attached hydrogen (secondary N) is 1. The third-order valence-corrected chi connectivity index (χ3v) is 9.63. The van der Waals surface area contributed by atoms with Crippen LogP contribution in [0.15, 0.2) is 25.3 Å². The summed E-state index contributed by atoms with van der Waals surface area (Å²) in [7, 11) is 0. The molecule has 230 valence electrons. The van der Waals surface area contributed by atoms with E-state index in [4.69, 9.17) is 9.47 Å². The molecule has 3 aliphatic heterocycles. The Morgan fingerprint density at radius 1 is 1.27 bits per heavy atom. The van der Waals surface area contributed by atoms with Crippen LogP contribution in [0.3, 0.4) is 0 Å². The SMILES string of the molecule is C=CCCC(=O)NC[C@@H](C)OC(=O)[C@H]1[C@@H]2O[C@@]3(CC2Br)[C@@H]1C(=O)N([C@@H](CO)[C@@H](C)CC)[C@@H]3C(=O)N(CC=C)C(C)C. The molecule has 3 rings (SSSR count). The number of amides is 3. The number of hydrogen-bond donors (Lipinski definition) is 2. The van der Waals surface area contributed by atoms with Crippen molar-refractivity contribution in [1.82, 2.24) is 15.1 Å². The van der Waals surface area contributed by atoms with Gasteiger partial charge < -0.3 is 29.7 Å². The van der Waals surface area contributed by atoms with E-state index in [1.54, 1.807) is 24.0 Å². The number of rotatable bonds is 15. The molecule has 0 aromatic rings. The lowest BCUT2D eigenvalue weighted by Crippen LogP contribution is -2.60. The van der Waals surface area contributed by atoms with Gasteiger partial charge in [-0.2, -0.15) is 0 Å². The third kappa shape index (κ3) is 6.27. The van der Waals surface area contributed by atoms with Crippen LogP contribution in [-0.2, 0) is 28.7 Å². The summed E-state index contributed by atoms with van der Waals surface area (Å²) in [6.07, 6.45) is 3.88. The molecule has 2 N–H and O–H groups in total. The standard InChI is InChI=1S/C30H46BrN3O7/c1-8-11-12-22(36)32-15-19(7)40-29(39)23-24-27(37)34(21(16-35)18(6)10-3)26(28(38)33(13-9-2)17(4)5)30(24)14-20(31)25(23)41-30/h8-9,17-21,23-26,35H,1-2,10-16H2,3-7H3,(H,32,36)/t18-,19+,20?,21-,23+,24-,25+,26+,30-/m0/s1. The fraction of sp³-hybridized carbons (Fsp3) is 0.733. The van der Waals surface area contributed by atoms with E-state index in [1.807, 2.05) is 27.7 Å². The van der Waals surface area contributed by atoms with Crippen molar-refractivity contribution in [2.24, 2.45) is 17.8 Å². The van der Waals surface area contributed by atoms with Gasteiger partial charge in [-0.05, 0) is 39.5 Å². The molecule has 1 unspecified atom stereocenters. The minimum atomic E-state index is -1.26. The number of carbonyl (C=O) groups excluding carboxylic acids is 4. The number of carbonyl (C=O) groups is 4. The van der Waals surface area contributed by atoms with Gasteiger partial charge >= 0.3 is 5.97 Å². The lowest BCUT2D eigenvalue weighted by Gasteiger charge is -2.41. The molecule has 9 atom stereocenters. The van der Waals surface area contributed by atoms with Crippen molar-refractivity contribution in [3.8, 4) is 0 Å². The van der Waals surface area contributed by atoms with Crippen molar-refractivity contribution in [2.75, 3.05) is 19.7 Å². The van der Waals surface area contributed by atoms with Gasteiger partial charge in [-0.1, -0.05) is 48.4 Å². The van der Waals surface area contributed by atoms with Crippen molar-refractivity contribution < 1.29 is 33.8 Å². The van der Waals surface area contributed by atoms with E-state index in [0.29, 0.717) is 25.7 Å². The number of hydrogen-bond acceptors (Lipinski definition) is 7. The number of halogens is 1. The summed E-state index contributed by atoms with van der Waals surface area (Å²) in [5.41, 5.74) is -1.26. The number of alkyl halides is 1. The van der Waals surface area contributed by atoms with E-state index < -0.39 is 47.7 Å². The molecule has 10 nitrogen and oxygen atoms in total. The van der Waals surface area contributed by atoms with Crippen LogP contribution >= 0.6 is 15.9 Å². The second-order valence-electron chi connectivity index (χ2n) is 11.8. The maximum Gasteiger partial charge on any atom is 0.312 e. The van der Waals surface area contributed by atoms with Crippen molar-refractivity contribution in [3.63, 3.8) is 0 Å². The quantitative estimate of drug-likeness (QED) is 0.160. The first-order valence-corrected chi connectivity index (χ1v) is 15.6. The third-order valence-electron chi connectivity index (χ3n) is 8.79. The summed E-state index contributed by atoms with van der Waals surface area (Å²) in [5.74, 6) is -3.42. The molecule has 3 aliphatic rings. The summed E-state index contributed by atoms with van der Waals surface area (Å²) in [6.45, 7) is 16.9. The monoisotopic (exact) mass is 639 g/mol. The Hall–Kier alpha value is -2.24. The Kier molecular flexibility index (Phi) is 11.2. The van der Waals surface area contributed by atoms with Gasteiger partial charge in [0.25, 0.3) is 0 Å². The molecule has 0 aromatic heterocycles. The number of aliphatic hydroxyl groups excluding tert-OH is 1. The summed E-state index contributed by atoms with van der Waals surface area (Å²) in [4.78, 5) is 57.2. The maximum absolute atomic E-state index is 14.3. The van der Waals surface area contributed by atoms with Gasteiger partial charge in [0, 0.05) is 23.8 Å². The van der Waals surface area contributed by atoms with Gasteiger partial charge in [0.2, 0.25) is 17.7 Å². The summed E-state index contributed by atoms with van der Waals surface area (Å²) < 4.78 is 12.3. The van der Waals surface area contributed by atoms with Crippen molar-refractivity contribution in [1.29, 1.82) is 0 Å². The Morgan fingerprint density at radius 3 is 2.51 bits per heavy atom. The predicted octanol–water partition coefficient (Wildman–Crippen LogP) is 2.58. The van der Waals surface area contributed by atoms with Crippen LogP contribution in [0.1, 0.15) is 60.3 Å². The van der Waals surface area contributed by atoms with Crippen LogP contribution in [0.2, 0.25) is 0 Å². The van der Waals surface area contributed by atoms with Crippen molar-refractivity contribution in [3.05, 3.63) is 25.3 Å². The first-order valence-electron chi connectivity index (χ1n) is 14.6. The van der Waals surface area contributed by atoms with Gasteiger partial charge in [0.05, 0.1) is 37.1 Å². The van der Waals surface area contributed by atoms with Gasteiger partial charge in [-0.3, -0.25) is 19.2 Å². The molecule has 3 saturated heterocycles. The highest BCUT2D eigenvalue weighted by Crippen LogP contribution is 2.61. The molecule has 41 heavy (non-hydrogen) atoms. The predicted molar refractivity (Wildman–Crippen MR) is 158 cm³/mol. The minimum Gasteiger partial charge on any atom is -0.460 e. The van der Waals surface area contributed by atoms with E-state index in [-0.39, 0.29) is 54.2 Å². The largest absolute Gasteiger partial charge is 0.460 e. The zero-order valence-corrected chi connectivity index (χ0v) is 26.5. The number of ether oxygens (including phenoxy) is 2. The molecule has 0 radical (unpaired) electrons.